The van der Waals surface area contributed by atoms with Crippen molar-refractivity contribution < 1.29 is 9.84 Å². The van der Waals surface area contributed by atoms with Crippen LogP contribution in [0.15, 0.2) is 29.2 Å². The zero-order chi connectivity index (χ0) is 17.2. The molecule has 2 aliphatic heterocycles. The molecule has 4 nitrogen and oxygen atoms in total. The van der Waals surface area contributed by atoms with Crippen LogP contribution in [0.3, 0.4) is 0 Å². The second-order valence-electron chi connectivity index (χ2n) is 7.82. The molecule has 0 unspecified atom stereocenters. The van der Waals surface area contributed by atoms with Gasteiger partial charge >= 0.3 is 0 Å². The summed E-state index contributed by atoms with van der Waals surface area (Å²) in [5.74, 6) is 1.40. The third-order valence-corrected chi connectivity index (χ3v) is 6.97. The Morgan fingerprint density at radius 2 is 1.92 bits per heavy atom. The van der Waals surface area contributed by atoms with Gasteiger partial charge in [0.2, 0.25) is 0 Å². The maximum absolute atomic E-state index is 10.7. The van der Waals surface area contributed by atoms with Crippen molar-refractivity contribution in [1.29, 1.82) is 0 Å². The Bertz CT molecular complexity index is 579. The fourth-order valence-electron chi connectivity index (χ4n) is 4.96. The van der Waals surface area contributed by atoms with Gasteiger partial charge in [0.25, 0.3) is 0 Å². The van der Waals surface area contributed by atoms with Gasteiger partial charge in [-0.05, 0) is 48.6 Å². The van der Waals surface area contributed by atoms with Gasteiger partial charge in [-0.25, -0.2) is 0 Å². The van der Waals surface area contributed by atoms with Crippen molar-refractivity contribution in [3.05, 3.63) is 29.8 Å². The van der Waals surface area contributed by atoms with Gasteiger partial charge < -0.3 is 9.84 Å². The number of nitrogens with zero attached hydrogens (tertiary/aromatic N) is 2. The van der Waals surface area contributed by atoms with E-state index < -0.39 is 0 Å². The molecule has 0 bridgehead atoms. The average Bonchev–Trinajstić information content (AvgIpc) is 3.02. The Hall–Kier alpha value is -0.590. The summed E-state index contributed by atoms with van der Waals surface area (Å²) < 4.78 is 5.48. The minimum Gasteiger partial charge on any atom is -0.391 e. The van der Waals surface area contributed by atoms with E-state index in [4.69, 9.17) is 4.74 Å². The molecule has 0 aromatic heterocycles. The van der Waals surface area contributed by atoms with Crippen LogP contribution in [0.5, 0.6) is 0 Å². The van der Waals surface area contributed by atoms with E-state index in [1.54, 1.807) is 0 Å². The predicted molar refractivity (Wildman–Crippen MR) is 102 cm³/mol. The number of likely N-dealkylation sites (tertiary alicyclic amines) is 1. The number of ether oxygens (including phenoxy) is 1. The minimum atomic E-state index is -0.167. The standard InChI is InChI=1S/C20H30N2O2S/c1-25-18-4-2-3-15(9-18)12-21-13-16-10-19(20(23)11-17(16)14-21)22-5-7-24-8-6-22/h2-4,9,16-17,19-20,23H,5-8,10-14H2,1H3/t16-,17+,19-,20-/m1/s1. The molecule has 1 aromatic carbocycles. The number of hydrogen-bond donors (Lipinski definition) is 1. The first kappa shape index (κ1) is 17.8. The number of benzene rings is 1. The van der Waals surface area contributed by atoms with E-state index in [-0.39, 0.29) is 6.10 Å². The van der Waals surface area contributed by atoms with Crippen LogP contribution in [-0.4, -0.2) is 72.7 Å². The van der Waals surface area contributed by atoms with E-state index in [1.165, 1.54) is 17.0 Å². The Labute approximate surface area is 155 Å². The number of morpholine rings is 1. The summed E-state index contributed by atoms with van der Waals surface area (Å²) in [6.07, 6.45) is 4.08. The third-order valence-electron chi connectivity index (χ3n) is 6.24. The monoisotopic (exact) mass is 362 g/mol. The van der Waals surface area contributed by atoms with Crippen molar-refractivity contribution in [1.82, 2.24) is 9.80 Å². The molecule has 4 atom stereocenters. The number of hydrogen-bond acceptors (Lipinski definition) is 5. The summed E-state index contributed by atoms with van der Waals surface area (Å²) in [7, 11) is 0. The van der Waals surface area contributed by atoms with Gasteiger partial charge in [0.15, 0.2) is 0 Å². The van der Waals surface area contributed by atoms with Gasteiger partial charge in [0, 0.05) is 43.7 Å². The second kappa shape index (κ2) is 7.97. The molecular formula is C20H30N2O2S. The largest absolute Gasteiger partial charge is 0.391 e. The van der Waals surface area contributed by atoms with E-state index in [0.29, 0.717) is 12.0 Å². The van der Waals surface area contributed by atoms with Gasteiger partial charge in [-0.1, -0.05) is 12.1 Å². The molecule has 25 heavy (non-hydrogen) atoms. The van der Waals surface area contributed by atoms with Crippen molar-refractivity contribution >= 4 is 11.8 Å². The highest BCUT2D eigenvalue weighted by Crippen LogP contribution is 2.39. The molecule has 5 heteroatoms. The van der Waals surface area contributed by atoms with Gasteiger partial charge in [-0.15, -0.1) is 11.8 Å². The van der Waals surface area contributed by atoms with Gasteiger partial charge in [0.1, 0.15) is 0 Å². The lowest BCUT2D eigenvalue weighted by Gasteiger charge is -2.43. The van der Waals surface area contributed by atoms with Crippen LogP contribution in [-0.2, 0) is 11.3 Å². The van der Waals surface area contributed by atoms with E-state index in [9.17, 15) is 5.11 Å². The molecule has 3 aliphatic rings. The summed E-state index contributed by atoms with van der Waals surface area (Å²) in [6, 6.07) is 9.25. The molecule has 0 spiro atoms. The molecule has 138 valence electrons. The maximum Gasteiger partial charge on any atom is 0.0698 e. The van der Waals surface area contributed by atoms with Crippen LogP contribution < -0.4 is 0 Å². The van der Waals surface area contributed by atoms with E-state index >= 15 is 0 Å². The van der Waals surface area contributed by atoms with Gasteiger partial charge in [-0.3, -0.25) is 9.80 Å². The highest BCUT2D eigenvalue weighted by atomic mass is 32.2. The molecule has 1 saturated carbocycles. The van der Waals surface area contributed by atoms with Crippen molar-refractivity contribution in [2.24, 2.45) is 11.8 Å². The van der Waals surface area contributed by atoms with Crippen molar-refractivity contribution in [3.63, 3.8) is 0 Å². The molecular weight excluding hydrogens is 332 g/mol. The number of fused-ring (bicyclic) bond motifs is 1. The summed E-state index contributed by atoms with van der Waals surface area (Å²) in [5, 5.41) is 10.7. The lowest BCUT2D eigenvalue weighted by Crippen LogP contribution is -2.53. The van der Waals surface area contributed by atoms with Crippen LogP contribution in [0.4, 0.5) is 0 Å². The van der Waals surface area contributed by atoms with Crippen molar-refractivity contribution in [2.75, 3.05) is 45.6 Å². The second-order valence-corrected chi connectivity index (χ2v) is 8.70. The molecule has 2 saturated heterocycles. The Kier molecular flexibility index (Phi) is 5.68. The van der Waals surface area contributed by atoms with E-state index in [0.717, 1.165) is 58.2 Å². The summed E-state index contributed by atoms with van der Waals surface area (Å²) in [6.45, 7) is 6.95. The molecule has 3 fully saturated rings. The fraction of sp³-hybridized carbons (Fsp3) is 0.700. The summed E-state index contributed by atoms with van der Waals surface area (Å²) in [5.41, 5.74) is 1.41. The van der Waals surface area contributed by atoms with E-state index in [1.807, 2.05) is 11.8 Å². The SMILES string of the molecule is CSc1cccc(CN2C[C@H]3C[C@@H](N4CCOCC4)[C@H](O)C[C@H]3C2)c1. The van der Waals surface area contributed by atoms with Crippen molar-refractivity contribution in [2.45, 2.75) is 36.4 Å². The highest BCUT2D eigenvalue weighted by molar-refractivity contribution is 7.98. The van der Waals surface area contributed by atoms with Gasteiger partial charge in [0.05, 0.1) is 19.3 Å². The lowest BCUT2D eigenvalue weighted by molar-refractivity contribution is -0.0520. The number of aliphatic hydroxyl groups excluding tert-OH is 1. The molecule has 2 heterocycles. The first-order valence-electron chi connectivity index (χ1n) is 9.58. The molecule has 1 aromatic rings. The first-order valence-corrected chi connectivity index (χ1v) is 10.8. The molecule has 4 rings (SSSR count). The zero-order valence-corrected chi connectivity index (χ0v) is 16.0. The Morgan fingerprint density at radius 3 is 2.68 bits per heavy atom. The maximum atomic E-state index is 10.7. The summed E-state index contributed by atoms with van der Waals surface area (Å²) in [4.78, 5) is 6.41. The highest BCUT2D eigenvalue weighted by Gasteiger charge is 2.43. The van der Waals surface area contributed by atoms with Crippen LogP contribution >= 0.6 is 11.8 Å². The van der Waals surface area contributed by atoms with Crippen molar-refractivity contribution in [3.8, 4) is 0 Å². The van der Waals surface area contributed by atoms with Crippen LogP contribution in [0.2, 0.25) is 0 Å². The number of aliphatic hydroxyl groups is 1. The third kappa shape index (κ3) is 4.06. The number of rotatable bonds is 4. The van der Waals surface area contributed by atoms with Crippen LogP contribution in [0.1, 0.15) is 18.4 Å². The Balaban J connectivity index is 1.37. The normalized spacial score (nSPS) is 34.2. The predicted octanol–water partition coefficient (Wildman–Crippen LogP) is 2.31. The average molecular weight is 363 g/mol. The summed E-state index contributed by atoms with van der Waals surface area (Å²) >= 11 is 1.81. The zero-order valence-electron chi connectivity index (χ0n) is 15.1. The Morgan fingerprint density at radius 1 is 1.16 bits per heavy atom. The van der Waals surface area contributed by atoms with E-state index in [2.05, 4.69) is 40.3 Å². The molecule has 1 aliphatic carbocycles. The van der Waals surface area contributed by atoms with Crippen LogP contribution in [0, 0.1) is 11.8 Å². The van der Waals surface area contributed by atoms with Gasteiger partial charge in [-0.2, -0.15) is 0 Å². The minimum absolute atomic E-state index is 0.167. The number of thioether (sulfide) groups is 1. The molecule has 1 N–H and O–H groups in total. The lowest BCUT2D eigenvalue weighted by atomic mass is 9.77. The quantitative estimate of drug-likeness (QED) is 0.832. The fourth-order valence-corrected chi connectivity index (χ4v) is 5.45. The molecule has 0 radical (unpaired) electrons. The topological polar surface area (TPSA) is 35.9 Å². The van der Waals surface area contributed by atoms with Crippen LogP contribution in [0.25, 0.3) is 0 Å². The smallest absolute Gasteiger partial charge is 0.0698 e. The molecule has 0 amide bonds. The first-order chi connectivity index (χ1) is 12.2.